The highest BCUT2D eigenvalue weighted by atomic mass is 32.2. The number of ether oxygens (including phenoxy) is 1. The Kier molecular flexibility index (Phi) is 8.07. The fourth-order valence-electron chi connectivity index (χ4n) is 3.17. The molecule has 0 bridgehead atoms. The molecule has 2 rings (SSSR count). The predicted molar refractivity (Wildman–Crippen MR) is 109 cm³/mol. The number of nitrogens with one attached hydrogen (secondary N) is 1. The summed E-state index contributed by atoms with van der Waals surface area (Å²) in [5, 5.41) is 2.47. The second kappa shape index (κ2) is 10.3. The SMILES string of the molecule is COC(CCc1ccccc1)C(CC(=O)Nc1ccccc1S(=O)(=O)O)C(C)=O. The molecule has 156 valence electrons. The third-order valence-corrected chi connectivity index (χ3v) is 5.59. The van der Waals surface area contributed by atoms with Gasteiger partial charge in [0.05, 0.1) is 17.7 Å². The lowest BCUT2D eigenvalue weighted by Gasteiger charge is -2.24. The van der Waals surface area contributed by atoms with Gasteiger partial charge in [-0.1, -0.05) is 42.5 Å². The Labute approximate surface area is 170 Å². The van der Waals surface area contributed by atoms with Crippen molar-refractivity contribution in [1.82, 2.24) is 0 Å². The van der Waals surface area contributed by atoms with Crippen molar-refractivity contribution in [3.63, 3.8) is 0 Å². The van der Waals surface area contributed by atoms with Crippen LogP contribution in [0.2, 0.25) is 0 Å². The number of Topliss-reactive ketones (excluding diaryl/α,β-unsaturated/α-hetero) is 1. The van der Waals surface area contributed by atoms with Crippen molar-refractivity contribution in [2.45, 2.75) is 37.2 Å². The van der Waals surface area contributed by atoms with E-state index in [9.17, 15) is 22.6 Å². The van der Waals surface area contributed by atoms with E-state index in [1.165, 1.54) is 38.3 Å². The monoisotopic (exact) mass is 419 g/mol. The second-order valence-electron chi connectivity index (χ2n) is 6.74. The lowest BCUT2D eigenvalue weighted by Crippen LogP contribution is -2.33. The summed E-state index contributed by atoms with van der Waals surface area (Å²) < 4.78 is 37.7. The zero-order valence-electron chi connectivity index (χ0n) is 16.4. The van der Waals surface area contributed by atoms with Crippen LogP contribution >= 0.6 is 0 Å². The predicted octanol–water partition coefficient (Wildman–Crippen LogP) is 3.11. The Morgan fingerprint density at radius 1 is 1.07 bits per heavy atom. The van der Waals surface area contributed by atoms with E-state index < -0.39 is 32.9 Å². The van der Waals surface area contributed by atoms with E-state index in [1.807, 2.05) is 30.3 Å². The molecule has 0 aliphatic heterocycles. The second-order valence-corrected chi connectivity index (χ2v) is 8.13. The van der Waals surface area contributed by atoms with Crippen molar-refractivity contribution in [2.24, 2.45) is 5.92 Å². The quantitative estimate of drug-likeness (QED) is 0.573. The highest BCUT2D eigenvalue weighted by Gasteiger charge is 2.28. The van der Waals surface area contributed by atoms with Gasteiger partial charge in [0.1, 0.15) is 10.7 Å². The topological polar surface area (TPSA) is 110 Å². The lowest BCUT2D eigenvalue weighted by atomic mass is 9.90. The lowest BCUT2D eigenvalue weighted by molar-refractivity contribution is -0.130. The van der Waals surface area contributed by atoms with Gasteiger partial charge in [-0.3, -0.25) is 14.1 Å². The van der Waals surface area contributed by atoms with Gasteiger partial charge in [-0.25, -0.2) is 0 Å². The minimum atomic E-state index is -4.49. The van der Waals surface area contributed by atoms with E-state index in [0.717, 1.165) is 5.56 Å². The van der Waals surface area contributed by atoms with Crippen LogP contribution in [0, 0.1) is 5.92 Å². The first kappa shape index (κ1) is 22.7. The molecular formula is C21H25NO6S. The summed E-state index contributed by atoms with van der Waals surface area (Å²) in [7, 11) is -2.99. The maximum atomic E-state index is 12.5. The number of benzene rings is 2. The van der Waals surface area contributed by atoms with Crippen molar-refractivity contribution in [3.8, 4) is 0 Å². The normalized spacial score (nSPS) is 13.5. The number of methoxy groups -OCH3 is 1. The Balaban J connectivity index is 2.09. The summed E-state index contributed by atoms with van der Waals surface area (Å²) in [6.07, 6.45) is 0.619. The van der Waals surface area contributed by atoms with Gasteiger partial charge >= 0.3 is 0 Å². The van der Waals surface area contributed by atoms with Gasteiger partial charge in [-0.15, -0.1) is 0 Å². The van der Waals surface area contributed by atoms with Crippen LogP contribution in [-0.2, 0) is 30.9 Å². The van der Waals surface area contributed by atoms with Crippen LogP contribution in [0.1, 0.15) is 25.3 Å². The maximum Gasteiger partial charge on any atom is 0.296 e. The molecule has 0 aliphatic rings. The molecule has 0 saturated carbocycles. The van der Waals surface area contributed by atoms with Crippen LogP contribution in [0.5, 0.6) is 0 Å². The van der Waals surface area contributed by atoms with Crippen LogP contribution < -0.4 is 5.32 Å². The van der Waals surface area contributed by atoms with Gasteiger partial charge in [-0.05, 0) is 37.5 Å². The van der Waals surface area contributed by atoms with Crippen LogP contribution in [0.4, 0.5) is 5.69 Å². The fraction of sp³-hybridized carbons (Fsp3) is 0.333. The third-order valence-electron chi connectivity index (χ3n) is 4.68. The average molecular weight is 419 g/mol. The smallest absolute Gasteiger partial charge is 0.296 e. The van der Waals surface area contributed by atoms with Crippen LogP contribution in [0.25, 0.3) is 0 Å². The minimum absolute atomic E-state index is 0.0412. The van der Waals surface area contributed by atoms with Crippen molar-refractivity contribution >= 4 is 27.5 Å². The van der Waals surface area contributed by atoms with Gasteiger partial charge in [0, 0.05) is 13.5 Å². The Bertz CT molecular complexity index is 943. The van der Waals surface area contributed by atoms with Crippen LogP contribution in [-0.4, -0.2) is 37.9 Å². The van der Waals surface area contributed by atoms with Gasteiger partial charge in [0.25, 0.3) is 10.1 Å². The van der Waals surface area contributed by atoms with Crippen molar-refractivity contribution in [1.29, 1.82) is 0 Å². The minimum Gasteiger partial charge on any atom is -0.381 e. The molecule has 0 spiro atoms. The summed E-state index contributed by atoms with van der Waals surface area (Å²) >= 11 is 0. The molecule has 8 heteroatoms. The van der Waals surface area contributed by atoms with Gasteiger partial charge in [0.15, 0.2) is 0 Å². The zero-order chi connectivity index (χ0) is 21.4. The number of hydrogen-bond donors (Lipinski definition) is 2. The van der Waals surface area contributed by atoms with Gasteiger partial charge in [-0.2, -0.15) is 8.42 Å². The number of hydrogen-bond acceptors (Lipinski definition) is 5. The summed E-state index contributed by atoms with van der Waals surface area (Å²) in [5.41, 5.74) is 1.06. The molecule has 0 aromatic heterocycles. The molecule has 0 radical (unpaired) electrons. The molecule has 2 atom stereocenters. The third kappa shape index (κ3) is 6.77. The summed E-state index contributed by atoms with van der Waals surface area (Å²) in [5.74, 6) is -1.41. The number of anilines is 1. The fourth-order valence-corrected chi connectivity index (χ4v) is 3.82. The highest BCUT2D eigenvalue weighted by molar-refractivity contribution is 7.86. The molecule has 2 aromatic rings. The first-order chi connectivity index (χ1) is 13.7. The molecule has 29 heavy (non-hydrogen) atoms. The van der Waals surface area contributed by atoms with Crippen LogP contribution in [0.15, 0.2) is 59.5 Å². The maximum absolute atomic E-state index is 12.5. The molecule has 2 aromatic carbocycles. The first-order valence-electron chi connectivity index (χ1n) is 9.16. The summed E-state index contributed by atoms with van der Waals surface area (Å²) in [6, 6.07) is 15.3. The Hall–Kier alpha value is -2.55. The van der Waals surface area contributed by atoms with E-state index in [-0.39, 0.29) is 17.9 Å². The van der Waals surface area contributed by atoms with E-state index in [2.05, 4.69) is 5.32 Å². The van der Waals surface area contributed by atoms with Crippen LogP contribution in [0.3, 0.4) is 0 Å². The number of rotatable bonds is 10. The zero-order valence-corrected chi connectivity index (χ0v) is 17.2. The summed E-state index contributed by atoms with van der Waals surface area (Å²) in [6.45, 7) is 1.40. The molecule has 2 unspecified atom stereocenters. The van der Waals surface area contributed by atoms with E-state index >= 15 is 0 Å². The molecule has 0 aliphatic carbocycles. The molecule has 0 fully saturated rings. The molecule has 0 saturated heterocycles. The van der Waals surface area contributed by atoms with Crippen molar-refractivity contribution in [3.05, 3.63) is 60.2 Å². The molecule has 2 N–H and O–H groups in total. The summed E-state index contributed by atoms with van der Waals surface area (Å²) in [4.78, 5) is 24.3. The Morgan fingerprint density at radius 3 is 2.28 bits per heavy atom. The number of aryl methyl sites for hydroxylation is 1. The van der Waals surface area contributed by atoms with E-state index in [0.29, 0.717) is 12.8 Å². The van der Waals surface area contributed by atoms with E-state index in [4.69, 9.17) is 4.74 Å². The molecule has 7 nitrogen and oxygen atoms in total. The van der Waals surface area contributed by atoms with Gasteiger partial charge in [0.2, 0.25) is 5.91 Å². The van der Waals surface area contributed by atoms with Crippen molar-refractivity contribution in [2.75, 3.05) is 12.4 Å². The number of carbonyl (C=O) groups excluding carboxylic acids is 2. The molecule has 0 heterocycles. The van der Waals surface area contributed by atoms with Gasteiger partial charge < -0.3 is 10.1 Å². The number of para-hydroxylation sites is 1. The molecule has 1 amide bonds. The number of amides is 1. The first-order valence-corrected chi connectivity index (χ1v) is 10.6. The highest BCUT2D eigenvalue weighted by Crippen LogP contribution is 2.23. The van der Waals surface area contributed by atoms with Crippen molar-refractivity contribution < 1.29 is 27.3 Å². The number of carbonyl (C=O) groups is 2. The Morgan fingerprint density at radius 2 is 1.69 bits per heavy atom. The van der Waals surface area contributed by atoms with E-state index in [1.54, 1.807) is 0 Å². The number of ketones is 1. The average Bonchev–Trinajstić information content (AvgIpc) is 2.67. The standard InChI is InChI=1S/C21H25NO6S/c1-15(23)17(19(28-2)13-12-16-8-4-3-5-9-16)14-21(24)22-18-10-6-7-11-20(18)29(25,26)27/h3-11,17,19H,12-14H2,1-2H3,(H,22,24)(H,25,26,27). The molecular weight excluding hydrogens is 394 g/mol. The largest absolute Gasteiger partial charge is 0.381 e.